The second-order valence-corrected chi connectivity index (χ2v) is 7.70. The van der Waals surface area contributed by atoms with Crippen molar-refractivity contribution in [2.24, 2.45) is 5.10 Å². The summed E-state index contributed by atoms with van der Waals surface area (Å²) in [4.78, 5) is 17.8. The van der Waals surface area contributed by atoms with Gasteiger partial charge in [-0.25, -0.2) is 10.4 Å². The molecule has 0 radical (unpaired) electrons. The highest BCUT2D eigenvalue weighted by Crippen LogP contribution is 2.25. The molecule has 5 rings (SSSR count). The van der Waals surface area contributed by atoms with Crippen LogP contribution in [0, 0.1) is 6.92 Å². The van der Waals surface area contributed by atoms with Gasteiger partial charge in [-0.05, 0) is 19.1 Å². The number of carbonyl (C=O) groups excluding carboxylic acids is 1. The first kappa shape index (κ1) is 20.3. The summed E-state index contributed by atoms with van der Waals surface area (Å²) in [5.74, 6) is -0.303. The molecule has 1 amide bonds. The Labute approximate surface area is 191 Å². The van der Waals surface area contributed by atoms with Crippen molar-refractivity contribution in [3.05, 3.63) is 108 Å². The van der Waals surface area contributed by atoms with E-state index in [4.69, 9.17) is 4.98 Å². The first-order valence-corrected chi connectivity index (χ1v) is 10.6. The molecule has 6 heteroatoms. The van der Waals surface area contributed by atoms with Gasteiger partial charge in [0.2, 0.25) is 0 Å². The molecule has 3 aromatic carbocycles. The molecular formula is C27H21N5O. The normalized spacial score (nSPS) is 11.2. The molecule has 2 aromatic heterocycles. The van der Waals surface area contributed by atoms with Gasteiger partial charge in [0, 0.05) is 22.1 Å². The van der Waals surface area contributed by atoms with Gasteiger partial charge in [-0.3, -0.25) is 9.89 Å². The van der Waals surface area contributed by atoms with Crippen LogP contribution in [0.1, 0.15) is 21.5 Å². The topological polar surface area (TPSA) is 83.0 Å². The number of para-hydroxylation sites is 1. The average molecular weight is 431 g/mol. The third-order valence-corrected chi connectivity index (χ3v) is 5.41. The number of aromatic nitrogens is 3. The molecule has 0 saturated heterocycles. The Morgan fingerprint density at radius 1 is 0.939 bits per heavy atom. The molecule has 0 spiro atoms. The third kappa shape index (κ3) is 4.27. The minimum atomic E-state index is -0.303. The lowest BCUT2D eigenvalue weighted by Crippen LogP contribution is -2.18. The number of rotatable bonds is 5. The first-order valence-electron chi connectivity index (χ1n) is 10.6. The number of amides is 1. The number of carbonyl (C=O) groups is 1. The van der Waals surface area contributed by atoms with Crippen molar-refractivity contribution in [2.75, 3.05) is 0 Å². The summed E-state index contributed by atoms with van der Waals surface area (Å²) >= 11 is 0. The van der Waals surface area contributed by atoms with E-state index in [-0.39, 0.29) is 5.91 Å². The highest BCUT2D eigenvalue weighted by atomic mass is 16.2. The van der Waals surface area contributed by atoms with Crippen LogP contribution in [0.15, 0.2) is 96.2 Å². The fourth-order valence-electron chi connectivity index (χ4n) is 3.69. The molecule has 160 valence electrons. The van der Waals surface area contributed by atoms with E-state index >= 15 is 0 Å². The SMILES string of the molecule is Cc1ccc(-c2[nH]ncc2/C=N/NC(=O)c2cc(-c3ccccc3)nc3ccccc23)cc1. The fourth-order valence-corrected chi connectivity index (χ4v) is 3.69. The number of fused-ring (bicyclic) bond motifs is 1. The van der Waals surface area contributed by atoms with Crippen molar-refractivity contribution < 1.29 is 4.79 Å². The predicted octanol–water partition coefficient (Wildman–Crippen LogP) is 5.36. The Balaban J connectivity index is 1.43. The van der Waals surface area contributed by atoms with Crippen LogP contribution in [0.2, 0.25) is 0 Å². The van der Waals surface area contributed by atoms with Crippen LogP contribution in [0.5, 0.6) is 0 Å². The maximum Gasteiger partial charge on any atom is 0.272 e. The second kappa shape index (κ2) is 8.88. The summed E-state index contributed by atoms with van der Waals surface area (Å²) in [5, 5.41) is 12.1. The van der Waals surface area contributed by atoms with Gasteiger partial charge in [0.25, 0.3) is 5.91 Å². The average Bonchev–Trinajstić information content (AvgIpc) is 3.33. The summed E-state index contributed by atoms with van der Waals surface area (Å²) in [6, 6.07) is 27.3. The fraction of sp³-hybridized carbons (Fsp3) is 0.0370. The van der Waals surface area contributed by atoms with E-state index in [2.05, 4.69) is 20.7 Å². The molecule has 0 aliphatic rings. The number of pyridine rings is 1. The molecule has 5 aromatic rings. The highest BCUT2D eigenvalue weighted by Gasteiger charge is 2.14. The molecule has 2 N–H and O–H groups in total. The third-order valence-electron chi connectivity index (χ3n) is 5.41. The standard InChI is InChI=1S/C27H21N5O/c1-18-11-13-20(14-12-18)26-21(16-28-31-26)17-29-32-27(33)23-15-25(19-7-3-2-4-8-19)30-24-10-6-5-9-22(23)24/h2-17H,1H3,(H,28,31)(H,32,33)/b29-17+. The van der Waals surface area contributed by atoms with E-state index in [0.29, 0.717) is 5.56 Å². The van der Waals surface area contributed by atoms with Crippen molar-refractivity contribution in [1.82, 2.24) is 20.6 Å². The van der Waals surface area contributed by atoms with Gasteiger partial charge in [0.05, 0.1) is 34.9 Å². The number of hydrogen-bond donors (Lipinski definition) is 2. The van der Waals surface area contributed by atoms with E-state index in [0.717, 1.165) is 39.0 Å². The maximum atomic E-state index is 13.1. The molecule has 33 heavy (non-hydrogen) atoms. The van der Waals surface area contributed by atoms with Gasteiger partial charge in [-0.2, -0.15) is 10.2 Å². The molecule has 6 nitrogen and oxygen atoms in total. The largest absolute Gasteiger partial charge is 0.277 e. The molecule has 0 saturated carbocycles. The zero-order valence-corrected chi connectivity index (χ0v) is 18.0. The first-order chi connectivity index (χ1) is 16.2. The summed E-state index contributed by atoms with van der Waals surface area (Å²) < 4.78 is 0. The van der Waals surface area contributed by atoms with Crippen molar-refractivity contribution in [3.63, 3.8) is 0 Å². The van der Waals surface area contributed by atoms with Gasteiger partial charge >= 0.3 is 0 Å². The van der Waals surface area contributed by atoms with Crippen molar-refractivity contribution in [1.29, 1.82) is 0 Å². The van der Waals surface area contributed by atoms with Crippen LogP contribution >= 0.6 is 0 Å². The van der Waals surface area contributed by atoms with Crippen molar-refractivity contribution in [3.8, 4) is 22.5 Å². The van der Waals surface area contributed by atoms with Gasteiger partial charge in [0.1, 0.15) is 0 Å². The summed E-state index contributed by atoms with van der Waals surface area (Å²) in [6.07, 6.45) is 3.28. The van der Waals surface area contributed by atoms with E-state index in [1.54, 1.807) is 18.5 Å². The lowest BCUT2D eigenvalue weighted by atomic mass is 10.0. The Morgan fingerprint density at radius 3 is 2.52 bits per heavy atom. The molecule has 0 unspecified atom stereocenters. The molecular weight excluding hydrogens is 410 g/mol. The minimum absolute atomic E-state index is 0.303. The van der Waals surface area contributed by atoms with Gasteiger partial charge in [0.15, 0.2) is 0 Å². The van der Waals surface area contributed by atoms with Gasteiger partial charge < -0.3 is 0 Å². The molecule has 2 heterocycles. The van der Waals surface area contributed by atoms with Gasteiger partial charge in [-0.15, -0.1) is 0 Å². The molecule has 0 atom stereocenters. The Bertz CT molecular complexity index is 1450. The number of hydrogen-bond acceptors (Lipinski definition) is 4. The zero-order chi connectivity index (χ0) is 22.6. The number of nitrogens with zero attached hydrogens (tertiary/aromatic N) is 3. The monoisotopic (exact) mass is 431 g/mol. The minimum Gasteiger partial charge on any atom is -0.277 e. The van der Waals surface area contributed by atoms with Crippen LogP contribution in [0.25, 0.3) is 33.4 Å². The number of H-pyrrole nitrogens is 1. The summed E-state index contributed by atoms with van der Waals surface area (Å²) in [6.45, 7) is 2.04. The van der Waals surface area contributed by atoms with Crippen LogP contribution in [-0.2, 0) is 0 Å². The predicted molar refractivity (Wildman–Crippen MR) is 131 cm³/mol. The van der Waals surface area contributed by atoms with Crippen LogP contribution < -0.4 is 5.43 Å². The zero-order valence-electron chi connectivity index (χ0n) is 18.0. The highest BCUT2D eigenvalue weighted by molar-refractivity contribution is 6.07. The van der Waals surface area contributed by atoms with Crippen LogP contribution in [0.3, 0.4) is 0 Å². The number of benzene rings is 3. The van der Waals surface area contributed by atoms with E-state index < -0.39 is 0 Å². The second-order valence-electron chi connectivity index (χ2n) is 7.70. The van der Waals surface area contributed by atoms with E-state index in [9.17, 15) is 4.79 Å². The lowest BCUT2D eigenvalue weighted by Gasteiger charge is -2.09. The molecule has 0 fully saturated rings. The van der Waals surface area contributed by atoms with Crippen molar-refractivity contribution in [2.45, 2.75) is 6.92 Å². The Kier molecular flexibility index (Phi) is 5.47. The smallest absolute Gasteiger partial charge is 0.272 e. The Morgan fingerprint density at radius 2 is 1.70 bits per heavy atom. The van der Waals surface area contributed by atoms with Crippen LogP contribution in [-0.4, -0.2) is 27.3 Å². The molecule has 0 bridgehead atoms. The number of aromatic amines is 1. The van der Waals surface area contributed by atoms with E-state index in [1.807, 2.05) is 85.8 Å². The van der Waals surface area contributed by atoms with E-state index in [1.165, 1.54) is 5.56 Å². The Hall–Kier alpha value is -4.58. The number of nitrogens with one attached hydrogen (secondary N) is 2. The number of aryl methyl sites for hydroxylation is 1. The van der Waals surface area contributed by atoms with Gasteiger partial charge in [-0.1, -0.05) is 78.4 Å². The quantitative estimate of drug-likeness (QED) is 0.290. The number of hydrazone groups is 1. The van der Waals surface area contributed by atoms with Crippen LogP contribution in [0.4, 0.5) is 0 Å². The lowest BCUT2D eigenvalue weighted by molar-refractivity contribution is 0.0956. The molecule has 0 aliphatic heterocycles. The van der Waals surface area contributed by atoms with Crippen molar-refractivity contribution >= 4 is 23.0 Å². The summed E-state index contributed by atoms with van der Waals surface area (Å²) in [5.41, 5.74) is 9.41. The molecule has 0 aliphatic carbocycles. The summed E-state index contributed by atoms with van der Waals surface area (Å²) in [7, 11) is 0. The maximum absolute atomic E-state index is 13.1.